The summed E-state index contributed by atoms with van der Waals surface area (Å²) in [5.41, 5.74) is 0. The van der Waals surface area contributed by atoms with Crippen LogP contribution in [0.5, 0.6) is 0 Å². The van der Waals surface area contributed by atoms with Crippen molar-refractivity contribution in [1.29, 1.82) is 0 Å². The van der Waals surface area contributed by atoms with Gasteiger partial charge in [-0.3, -0.25) is 0 Å². The maximum atomic E-state index is 9.66. The minimum absolute atomic E-state index is 0.572. The van der Waals surface area contributed by atoms with Crippen LogP contribution in [-0.2, 0) is 9.05 Å². The van der Waals surface area contributed by atoms with Crippen LogP contribution in [0.25, 0.3) is 0 Å². The van der Waals surface area contributed by atoms with Crippen LogP contribution in [0.3, 0.4) is 0 Å². The normalized spacial score (nSPS) is 13.1. The van der Waals surface area contributed by atoms with Gasteiger partial charge in [0.25, 0.3) is 0 Å². The molecule has 5 heteroatoms. The van der Waals surface area contributed by atoms with Crippen LogP contribution >= 0.6 is 24.5 Å². The molecule has 0 rings (SSSR count). The Hall–Kier alpha value is 0.790. The highest BCUT2D eigenvalue weighted by Gasteiger charge is 2.13. The molecule has 1 atom stereocenters. The van der Waals surface area contributed by atoms with Crippen molar-refractivity contribution in [3.8, 4) is 0 Å². The smallest absolute Gasteiger partial charge is 0.328 e. The van der Waals surface area contributed by atoms with Gasteiger partial charge in [0.05, 0.1) is 13.2 Å². The van der Waals surface area contributed by atoms with Crippen LogP contribution in [0.1, 0.15) is 65.2 Å². The lowest BCUT2D eigenvalue weighted by Crippen LogP contribution is -2.09. The molecule has 0 heterocycles. The summed E-state index contributed by atoms with van der Waals surface area (Å²) >= 11 is 3.37. The highest BCUT2D eigenvalue weighted by Crippen LogP contribution is 2.34. The van der Waals surface area contributed by atoms with Crippen molar-refractivity contribution in [3.63, 3.8) is 0 Å². The zero-order chi connectivity index (χ0) is 14.3. The summed E-state index contributed by atoms with van der Waals surface area (Å²) in [7, 11) is -1.67. The van der Waals surface area contributed by atoms with Crippen LogP contribution in [-0.4, -0.2) is 23.4 Å². The van der Waals surface area contributed by atoms with Gasteiger partial charge >= 0.3 is 8.60 Å². The monoisotopic (exact) mass is 356 g/mol. The van der Waals surface area contributed by atoms with Gasteiger partial charge in [-0.2, -0.15) is 0 Å². The standard InChI is InChI=1S/C14H30BrO3P/c1-3-5-9-14(10-6-4-2)13-18-19(16)17-12-8-7-11-15/h14,16H,3-13H2,1-2H3. The molecule has 0 saturated carbocycles. The number of rotatable bonds is 14. The first-order chi connectivity index (χ1) is 9.24. The summed E-state index contributed by atoms with van der Waals surface area (Å²) in [6.45, 7) is 5.65. The van der Waals surface area contributed by atoms with Gasteiger partial charge < -0.3 is 13.9 Å². The molecule has 0 aromatic carbocycles. The molecule has 116 valence electrons. The van der Waals surface area contributed by atoms with E-state index in [0.717, 1.165) is 18.2 Å². The van der Waals surface area contributed by atoms with Gasteiger partial charge in [-0.15, -0.1) is 0 Å². The number of halogens is 1. The average Bonchev–Trinajstić information content (AvgIpc) is 2.42. The summed E-state index contributed by atoms with van der Waals surface area (Å²) < 4.78 is 10.7. The molecule has 0 radical (unpaired) electrons. The van der Waals surface area contributed by atoms with E-state index in [-0.39, 0.29) is 0 Å². The Kier molecular flexibility index (Phi) is 15.8. The van der Waals surface area contributed by atoms with E-state index in [1.807, 2.05) is 0 Å². The quantitative estimate of drug-likeness (QED) is 0.257. The van der Waals surface area contributed by atoms with Crippen molar-refractivity contribution in [2.24, 2.45) is 5.92 Å². The predicted octanol–water partition coefficient (Wildman–Crippen LogP) is 5.41. The average molecular weight is 357 g/mol. The molecule has 0 aliphatic heterocycles. The van der Waals surface area contributed by atoms with Gasteiger partial charge in [-0.1, -0.05) is 55.5 Å². The Morgan fingerprint density at radius 1 is 1.00 bits per heavy atom. The van der Waals surface area contributed by atoms with E-state index in [1.165, 1.54) is 38.5 Å². The molecule has 0 aliphatic carbocycles. The fourth-order valence-electron chi connectivity index (χ4n) is 1.84. The van der Waals surface area contributed by atoms with Crippen LogP contribution in [0, 0.1) is 5.92 Å². The molecular formula is C14H30BrO3P. The van der Waals surface area contributed by atoms with Crippen LogP contribution < -0.4 is 0 Å². The number of unbranched alkanes of at least 4 members (excludes halogenated alkanes) is 3. The van der Waals surface area contributed by atoms with Gasteiger partial charge in [0.2, 0.25) is 0 Å². The van der Waals surface area contributed by atoms with Crippen LogP contribution in [0.15, 0.2) is 0 Å². The number of hydrogen-bond acceptors (Lipinski definition) is 3. The predicted molar refractivity (Wildman–Crippen MR) is 86.6 cm³/mol. The molecule has 19 heavy (non-hydrogen) atoms. The molecular weight excluding hydrogens is 327 g/mol. The van der Waals surface area contributed by atoms with Crippen molar-refractivity contribution in [3.05, 3.63) is 0 Å². The summed E-state index contributed by atoms with van der Waals surface area (Å²) in [5.74, 6) is 0.572. The Morgan fingerprint density at radius 3 is 2.16 bits per heavy atom. The lowest BCUT2D eigenvalue weighted by atomic mass is 9.97. The second-order valence-electron chi connectivity index (χ2n) is 4.91. The molecule has 0 spiro atoms. The van der Waals surface area contributed by atoms with E-state index in [9.17, 15) is 4.89 Å². The van der Waals surface area contributed by atoms with Crippen LogP contribution in [0.4, 0.5) is 0 Å². The Morgan fingerprint density at radius 2 is 1.63 bits per heavy atom. The summed E-state index contributed by atoms with van der Waals surface area (Å²) in [6.07, 6.45) is 9.36. The van der Waals surface area contributed by atoms with Crippen molar-refractivity contribution in [1.82, 2.24) is 0 Å². The zero-order valence-electron chi connectivity index (χ0n) is 12.4. The Balaban J connectivity index is 3.68. The van der Waals surface area contributed by atoms with Crippen molar-refractivity contribution in [2.45, 2.75) is 65.2 Å². The van der Waals surface area contributed by atoms with Crippen molar-refractivity contribution >= 4 is 24.5 Å². The first-order valence-corrected chi connectivity index (χ1v) is 9.80. The molecule has 0 fully saturated rings. The molecule has 0 bridgehead atoms. The molecule has 0 amide bonds. The van der Waals surface area contributed by atoms with E-state index in [4.69, 9.17) is 9.05 Å². The van der Waals surface area contributed by atoms with Crippen molar-refractivity contribution < 1.29 is 13.9 Å². The highest BCUT2D eigenvalue weighted by molar-refractivity contribution is 9.09. The lowest BCUT2D eigenvalue weighted by Gasteiger charge is -2.18. The first-order valence-electron chi connectivity index (χ1n) is 7.55. The Labute approximate surface area is 128 Å². The van der Waals surface area contributed by atoms with E-state index >= 15 is 0 Å². The molecule has 1 N–H and O–H groups in total. The molecule has 0 saturated heterocycles. The second-order valence-corrected chi connectivity index (χ2v) is 6.70. The van der Waals surface area contributed by atoms with E-state index < -0.39 is 8.60 Å². The fourth-order valence-corrected chi connectivity index (χ4v) is 2.94. The van der Waals surface area contributed by atoms with Crippen molar-refractivity contribution in [2.75, 3.05) is 18.5 Å². The highest BCUT2D eigenvalue weighted by atomic mass is 79.9. The third kappa shape index (κ3) is 13.5. The van der Waals surface area contributed by atoms with E-state index in [2.05, 4.69) is 29.8 Å². The van der Waals surface area contributed by atoms with E-state index in [1.54, 1.807) is 0 Å². The van der Waals surface area contributed by atoms with Gasteiger partial charge in [0.15, 0.2) is 0 Å². The van der Waals surface area contributed by atoms with E-state index in [0.29, 0.717) is 19.1 Å². The largest absolute Gasteiger partial charge is 0.329 e. The Bertz CT molecular complexity index is 176. The first kappa shape index (κ1) is 19.8. The third-order valence-corrected chi connectivity index (χ3v) is 4.42. The molecule has 0 aromatic rings. The lowest BCUT2D eigenvalue weighted by molar-refractivity contribution is 0.164. The topological polar surface area (TPSA) is 38.7 Å². The van der Waals surface area contributed by atoms with Gasteiger partial charge in [-0.05, 0) is 31.6 Å². The maximum Gasteiger partial charge on any atom is 0.329 e. The molecule has 1 unspecified atom stereocenters. The van der Waals surface area contributed by atoms with Crippen LogP contribution in [0.2, 0.25) is 0 Å². The molecule has 0 aliphatic rings. The molecule has 3 nitrogen and oxygen atoms in total. The fraction of sp³-hybridized carbons (Fsp3) is 1.00. The van der Waals surface area contributed by atoms with Gasteiger partial charge in [-0.25, -0.2) is 0 Å². The van der Waals surface area contributed by atoms with Gasteiger partial charge in [0.1, 0.15) is 0 Å². The zero-order valence-corrected chi connectivity index (χ0v) is 14.9. The number of alkyl halides is 1. The maximum absolute atomic E-state index is 9.66. The minimum atomic E-state index is -1.67. The second kappa shape index (κ2) is 15.2. The minimum Gasteiger partial charge on any atom is -0.328 e. The number of hydrogen-bond donors (Lipinski definition) is 1. The summed E-state index contributed by atoms with van der Waals surface area (Å²) in [6, 6.07) is 0. The van der Waals surface area contributed by atoms with Gasteiger partial charge in [0, 0.05) is 5.33 Å². The molecule has 0 aromatic heterocycles. The summed E-state index contributed by atoms with van der Waals surface area (Å²) in [5, 5.41) is 0.983. The summed E-state index contributed by atoms with van der Waals surface area (Å²) in [4.78, 5) is 9.66. The SMILES string of the molecule is CCCCC(CCCC)COP(O)OCCCCBr. The third-order valence-electron chi connectivity index (χ3n) is 3.08.